The highest BCUT2D eigenvalue weighted by atomic mass is 16.2. The lowest BCUT2D eigenvalue weighted by Gasteiger charge is -2.44. The number of rotatable bonds is 4. The van der Waals surface area contributed by atoms with Crippen LogP contribution < -0.4 is 0 Å². The average molecular weight is 397 g/mol. The third kappa shape index (κ3) is 4.67. The average Bonchev–Trinajstić information content (AvgIpc) is 2.78. The predicted molar refractivity (Wildman–Crippen MR) is 116 cm³/mol. The summed E-state index contributed by atoms with van der Waals surface area (Å²) in [6, 6.07) is 7.82. The molecule has 158 valence electrons. The zero-order chi connectivity index (χ0) is 20.2. The number of fused-ring (bicyclic) bond motifs is 1. The Morgan fingerprint density at radius 2 is 1.48 bits per heavy atom. The monoisotopic (exact) mass is 396 g/mol. The Hall–Kier alpha value is -1.84. The van der Waals surface area contributed by atoms with E-state index in [0.29, 0.717) is 23.4 Å². The van der Waals surface area contributed by atoms with Crippen LogP contribution in [-0.2, 0) is 0 Å². The smallest absolute Gasteiger partial charge is 0.254 e. The van der Waals surface area contributed by atoms with Crippen LogP contribution in [0.25, 0.3) is 0 Å². The van der Waals surface area contributed by atoms with Crippen molar-refractivity contribution >= 4 is 11.8 Å². The van der Waals surface area contributed by atoms with Gasteiger partial charge in [-0.25, -0.2) is 0 Å². The topological polar surface area (TPSA) is 40.6 Å². The van der Waals surface area contributed by atoms with Crippen LogP contribution in [0.1, 0.15) is 91.3 Å². The number of hydrogen-bond acceptors (Lipinski definition) is 2. The first kappa shape index (κ1) is 20.4. The number of piperidine rings is 1. The first-order chi connectivity index (χ1) is 14.1. The van der Waals surface area contributed by atoms with Crippen molar-refractivity contribution in [3.8, 4) is 0 Å². The summed E-state index contributed by atoms with van der Waals surface area (Å²) in [5.41, 5.74) is 1.41. The third-order valence-corrected chi connectivity index (χ3v) is 7.49. The largest absolute Gasteiger partial charge is 0.341 e. The highest BCUT2D eigenvalue weighted by Crippen LogP contribution is 2.36. The van der Waals surface area contributed by atoms with E-state index in [9.17, 15) is 9.59 Å². The van der Waals surface area contributed by atoms with Gasteiger partial charge >= 0.3 is 0 Å². The van der Waals surface area contributed by atoms with Gasteiger partial charge < -0.3 is 9.80 Å². The summed E-state index contributed by atoms with van der Waals surface area (Å²) in [6.45, 7) is 1.72. The van der Waals surface area contributed by atoms with E-state index in [1.165, 1.54) is 57.8 Å². The molecule has 1 aliphatic heterocycles. The number of benzene rings is 1. The van der Waals surface area contributed by atoms with Crippen molar-refractivity contribution in [1.82, 2.24) is 9.80 Å². The normalized spacial score (nSPS) is 25.3. The predicted octanol–water partition coefficient (Wildman–Crippen LogP) is 5.13. The van der Waals surface area contributed by atoms with Gasteiger partial charge in [-0.3, -0.25) is 9.59 Å². The summed E-state index contributed by atoms with van der Waals surface area (Å²) in [4.78, 5) is 30.0. The molecule has 2 saturated carbocycles. The molecular formula is C25H36N2O2. The number of carbonyl (C=O) groups excluding carboxylic acids is 2. The van der Waals surface area contributed by atoms with Gasteiger partial charge in [0.15, 0.2) is 0 Å². The number of likely N-dealkylation sites (tertiary alicyclic amines) is 1. The van der Waals surface area contributed by atoms with E-state index in [0.717, 1.165) is 31.5 Å². The molecule has 3 aliphatic rings. The zero-order valence-electron chi connectivity index (χ0n) is 17.9. The van der Waals surface area contributed by atoms with Crippen molar-refractivity contribution in [2.75, 3.05) is 20.1 Å². The minimum absolute atomic E-state index is 0.0693. The van der Waals surface area contributed by atoms with Crippen LogP contribution in [0.3, 0.4) is 0 Å². The molecule has 0 radical (unpaired) electrons. The maximum Gasteiger partial charge on any atom is 0.254 e. The molecule has 0 aromatic heterocycles. The van der Waals surface area contributed by atoms with Crippen LogP contribution in [0.15, 0.2) is 24.3 Å². The minimum atomic E-state index is 0.0693. The van der Waals surface area contributed by atoms with Crippen LogP contribution in [0, 0.1) is 11.8 Å². The van der Waals surface area contributed by atoms with E-state index in [2.05, 4.69) is 4.90 Å². The van der Waals surface area contributed by atoms with Gasteiger partial charge in [0.1, 0.15) is 0 Å². The van der Waals surface area contributed by atoms with Gasteiger partial charge in [0.2, 0.25) is 0 Å². The van der Waals surface area contributed by atoms with Crippen LogP contribution in [0.2, 0.25) is 0 Å². The molecule has 2 amide bonds. The molecule has 4 nitrogen and oxygen atoms in total. The molecule has 4 rings (SSSR count). The summed E-state index contributed by atoms with van der Waals surface area (Å²) in [7, 11) is 1.91. The van der Waals surface area contributed by atoms with Gasteiger partial charge in [0.05, 0.1) is 0 Å². The Kier molecular flexibility index (Phi) is 6.56. The second-order valence-corrected chi connectivity index (χ2v) is 9.52. The van der Waals surface area contributed by atoms with E-state index in [4.69, 9.17) is 0 Å². The van der Waals surface area contributed by atoms with E-state index < -0.39 is 0 Å². The van der Waals surface area contributed by atoms with Crippen molar-refractivity contribution in [3.05, 3.63) is 35.4 Å². The maximum absolute atomic E-state index is 13.2. The summed E-state index contributed by atoms with van der Waals surface area (Å²) >= 11 is 0. The highest BCUT2D eigenvalue weighted by Gasteiger charge is 2.36. The zero-order valence-corrected chi connectivity index (χ0v) is 17.9. The molecule has 0 spiro atoms. The van der Waals surface area contributed by atoms with E-state index in [1.54, 1.807) is 0 Å². The van der Waals surface area contributed by atoms with Gasteiger partial charge in [0, 0.05) is 37.3 Å². The molecular weight excluding hydrogens is 360 g/mol. The van der Waals surface area contributed by atoms with Crippen LogP contribution in [0.5, 0.6) is 0 Å². The fraction of sp³-hybridized carbons (Fsp3) is 0.680. The molecule has 3 fully saturated rings. The van der Waals surface area contributed by atoms with Crippen molar-refractivity contribution < 1.29 is 9.59 Å². The summed E-state index contributed by atoms with van der Waals surface area (Å²) in [5, 5.41) is 0. The van der Waals surface area contributed by atoms with Crippen molar-refractivity contribution in [1.29, 1.82) is 0 Å². The van der Waals surface area contributed by atoms with Crippen LogP contribution in [-0.4, -0.2) is 47.8 Å². The molecule has 2 aliphatic carbocycles. The molecule has 1 aromatic rings. The van der Waals surface area contributed by atoms with E-state index >= 15 is 0 Å². The SMILES string of the molecule is CN(CC1CCCCC1)C(=O)c1ccc(C(=O)N2CCC[C@H]3CCCC[C@@H]32)cc1. The molecule has 1 saturated heterocycles. The molecule has 1 heterocycles. The van der Waals surface area contributed by atoms with Crippen molar-refractivity contribution in [2.24, 2.45) is 11.8 Å². The number of carbonyl (C=O) groups is 2. The molecule has 2 atom stereocenters. The maximum atomic E-state index is 13.2. The quantitative estimate of drug-likeness (QED) is 0.707. The Morgan fingerprint density at radius 1 is 0.862 bits per heavy atom. The van der Waals surface area contributed by atoms with Gasteiger partial charge in [-0.1, -0.05) is 32.1 Å². The Bertz CT molecular complexity index is 706. The molecule has 0 bridgehead atoms. The van der Waals surface area contributed by atoms with E-state index in [-0.39, 0.29) is 11.8 Å². The third-order valence-electron chi connectivity index (χ3n) is 7.49. The summed E-state index contributed by atoms with van der Waals surface area (Å²) in [5.74, 6) is 1.55. The number of amides is 2. The molecule has 0 unspecified atom stereocenters. The molecule has 0 N–H and O–H groups in total. The second kappa shape index (κ2) is 9.32. The molecule has 4 heteroatoms. The van der Waals surface area contributed by atoms with Gasteiger partial charge in [-0.05, 0) is 74.6 Å². The second-order valence-electron chi connectivity index (χ2n) is 9.52. The van der Waals surface area contributed by atoms with Gasteiger partial charge in [-0.15, -0.1) is 0 Å². The van der Waals surface area contributed by atoms with E-state index in [1.807, 2.05) is 36.2 Å². The lowest BCUT2D eigenvalue weighted by Crippen LogP contribution is -2.49. The van der Waals surface area contributed by atoms with Gasteiger partial charge in [0.25, 0.3) is 11.8 Å². The lowest BCUT2D eigenvalue weighted by atomic mass is 9.78. The number of nitrogens with zero attached hydrogens (tertiary/aromatic N) is 2. The van der Waals surface area contributed by atoms with Crippen molar-refractivity contribution in [2.45, 2.75) is 76.7 Å². The fourth-order valence-electron chi connectivity index (χ4n) is 5.86. The lowest BCUT2D eigenvalue weighted by molar-refractivity contribution is 0.0390. The van der Waals surface area contributed by atoms with Crippen LogP contribution in [0.4, 0.5) is 0 Å². The Balaban J connectivity index is 1.39. The Morgan fingerprint density at radius 3 is 2.24 bits per heavy atom. The molecule has 1 aromatic carbocycles. The van der Waals surface area contributed by atoms with Gasteiger partial charge in [-0.2, -0.15) is 0 Å². The summed E-state index contributed by atoms with van der Waals surface area (Å²) < 4.78 is 0. The summed E-state index contributed by atoms with van der Waals surface area (Å²) in [6.07, 6.45) is 13.8. The first-order valence-corrected chi connectivity index (χ1v) is 11.8. The highest BCUT2D eigenvalue weighted by molar-refractivity contribution is 5.98. The van der Waals surface area contributed by atoms with Crippen LogP contribution >= 0.6 is 0 Å². The standard InChI is InChI=1S/C25H36N2O2/c1-26(18-19-8-3-2-4-9-19)24(28)21-13-15-22(16-14-21)25(29)27-17-7-11-20-10-5-6-12-23(20)27/h13-16,19-20,23H,2-12,17-18H2,1H3/t20-,23+/m1/s1. The fourth-order valence-corrected chi connectivity index (χ4v) is 5.86. The van der Waals surface area contributed by atoms with Crippen molar-refractivity contribution in [3.63, 3.8) is 0 Å². The first-order valence-electron chi connectivity index (χ1n) is 11.8. The Labute approximate surface area is 175 Å². The molecule has 29 heavy (non-hydrogen) atoms. The minimum Gasteiger partial charge on any atom is -0.341 e. The number of hydrogen-bond donors (Lipinski definition) is 0.